The van der Waals surface area contributed by atoms with Crippen molar-refractivity contribution < 1.29 is 8.42 Å². The number of hydrogen-bond donors (Lipinski definition) is 1. The lowest BCUT2D eigenvalue weighted by atomic mass is 10.1. The summed E-state index contributed by atoms with van der Waals surface area (Å²) < 4.78 is 29.1. The van der Waals surface area contributed by atoms with Gasteiger partial charge in [0.15, 0.2) is 4.60 Å². The largest absolute Gasteiger partial charge is 0.261 e. The number of halogens is 1. The van der Waals surface area contributed by atoms with E-state index in [9.17, 15) is 8.42 Å². The second-order valence-electron chi connectivity index (χ2n) is 4.72. The lowest BCUT2D eigenvalue weighted by molar-refractivity contribution is 0.538. The van der Waals surface area contributed by atoms with Gasteiger partial charge in [0.25, 0.3) is 10.0 Å². The van der Waals surface area contributed by atoms with Crippen LogP contribution in [0.1, 0.15) is 23.6 Å². The number of rotatable bonds is 3. The summed E-state index contributed by atoms with van der Waals surface area (Å²) in [5, 5.41) is 7.46. The Morgan fingerprint density at radius 2 is 2.15 bits per heavy atom. The van der Waals surface area contributed by atoms with Crippen molar-refractivity contribution in [1.82, 2.24) is 19.7 Å². The minimum absolute atomic E-state index is 0.0434. The summed E-state index contributed by atoms with van der Waals surface area (Å²) in [6, 6.07) is 7.69. The summed E-state index contributed by atoms with van der Waals surface area (Å²) >= 11 is 3.12. The normalized spacial score (nSPS) is 18.2. The van der Waals surface area contributed by atoms with Gasteiger partial charge in [-0.25, -0.2) is 17.8 Å². The Labute approximate surface area is 125 Å². The first-order valence-corrected chi connectivity index (χ1v) is 8.42. The first kappa shape index (κ1) is 13.7. The number of aryl methyl sites for hydroxylation is 2. The van der Waals surface area contributed by atoms with Crippen LogP contribution in [0.15, 0.2) is 33.9 Å². The van der Waals surface area contributed by atoms with Crippen LogP contribution in [-0.2, 0) is 23.5 Å². The van der Waals surface area contributed by atoms with Crippen molar-refractivity contribution >= 4 is 26.0 Å². The Kier molecular flexibility index (Phi) is 3.39. The molecule has 106 valence electrons. The van der Waals surface area contributed by atoms with Gasteiger partial charge in [0.2, 0.25) is 5.03 Å². The van der Waals surface area contributed by atoms with E-state index in [0.717, 1.165) is 18.4 Å². The standard InChI is InChI=1S/C12H13BrN4O2S/c1-17-12(11(13)14-16-17)20(18,19)15-10-7-6-8-4-2-3-5-9(8)10/h2-5,10,15H,6-7H2,1H3. The first-order valence-electron chi connectivity index (χ1n) is 6.14. The van der Waals surface area contributed by atoms with Gasteiger partial charge >= 0.3 is 0 Å². The summed E-state index contributed by atoms with van der Waals surface area (Å²) in [7, 11) is -2.11. The molecule has 1 aliphatic carbocycles. The molecule has 3 rings (SSSR count). The monoisotopic (exact) mass is 356 g/mol. The maximum absolute atomic E-state index is 12.5. The summed E-state index contributed by atoms with van der Waals surface area (Å²) in [5.41, 5.74) is 2.24. The zero-order valence-electron chi connectivity index (χ0n) is 10.7. The molecule has 20 heavy (non-hydrogen) atoms. The van der Waals surface area contributed by atoms with Crippen molar-refractivity contribution in [3.63, 3.8) is 0 Å². The maximum Gasteiger partial charge on any atom is 0.261 e. The minimum atomic E-state index is -3.66. The average Bonchev–Trinajstić information content (AvgIpc) is 2.94. The van der Waals surface area contributed by atoms with Crippen molar-refractivity contribution in [3.05, 3.63) is 40.0 Å². The van der Waals surface area contributed by atoms with Crippen molar-refractivity contribution in [2.75, 3.05) is 0 Å². The second-order valence-corrected chi connectivity index (χ2v) is 7.10. The van der Waals surface area contributed by atoms with Gasteiger partial charge in [0, 0.05) is 13.1 Å². The SMILES string of the molecule is Cn1nnc(Br)c1S(=O)(=O)NC1CCc2ccccc21. The molecule has 1 aromatic heterocycles. The lowest BCUT2D eigenvalue weighted by Gasteiger charge is -2.14. The molecule has 0 radical (unpaired) electrons. The summed E-state index contributed by atoms with van der Waals surface area (Å²) in [5.74, 6) is 0. The molecule has 2 aromatic rings. The number of nitrogens with zero attached hydrogens (tertiary/aromatic N) is 3. The van der Waals surface area contributed by atoms with E-state index >= 15 is 0 Å². The molecule has 6 nitrogen and oxygen atoms in total. The van der Waals surface area contributed by atoms with Crippen LogP contribution in [0.4, 0.5) is 0 Å². The Morgan fingerprint density at radius 3 is 2.85 bits per heavy atom. The molecular formula is C12H13BrN4O2S. The van der Waals surface area contributed by atoms with Crippen molar-refractivity contribution in [3.8, 4) is 0 Å². The van der Waals surface area contributed by atoms with Crippen LogP contribution in [0.5, 0.6) is 0 Å². The Morgan fingerprint density at radius 1 is 1.40 bits per heavy atom. The molecule has 0 aliphatic heterocycles. The van der Waals surface area contributed by atoms with E-state index in [1.165, 1.54) is 10.2 Å². The van der Waals surface area contributed by atoms with Crippen molar-refractivity contribution in [1.29, 1.82) is 0 Å². The Bertz CT molecular complexity index is 737. The van der Waals surface area contributed by atoms with Crippen LogP contribution in [-0.4, -0.2) is 23.4 Å². The zero-order chi connectivity index (χ0) is 14.3. The zero-order valence-corrected chi connectivity index (χ0v) is 13.1. The molecule has 1 aliphatic rings. The second kappa shape index (κ2) is 4.94. The lowest BCUT2D eigenvalue weighted by Crippen LogP contribution is -2.29. The van der Waals surface area contributed by atoms with E-state index in [4.69, 9.17) is 0 Å². The molecule has 1 atom stereocenters. The highest BCUT2D eigenvalue weighted by molar-refractivity contribution is 9.10. The van der Waals surface area contributed by atoms with E-state index in [-0.39, 0.29) is 15.7 Å². The number of sulfonamides is 1. The fourth-order valence-corrected chi connectivity index (χ4v) is 4.88. The summed E-state index contributed by atoms with van der Waals surface area (Å²) in [6.45, 7) is 0. The highest BCUT2D eigenvalue weighted by atomic mass is 79.9. The average molecular weight is 357 g/mol. The third kappa shape index (κ3) is 2.27. The van der Waals surface area contributed by atoms with E-state index in [1.54, 1.807) is 7.05 Å². The fraction of sp³-hybridized carbons (Fsp3) is 0.333. The van der Waals surface area contributed by atoms with Gasteiger partial charge in [0.05, 0.1) is 0 Å². The maximum atomic E-state index is 12.5. The van der Waals surface area contributed by atoms with Gasteiger partial charge < -0.3 is 0 Å². The topological polar surface area (TPSA) is 76.9 Å². The summed E-state index contributed by atoms with van der Waals surface area (Å²) in [4.78, 5) is 0. The molecule has 1 heterocycles. The minimum Gasteiger partial charge on any atom is -0.235 e. The van der Waals surface area contributed by atoms with Gasteiger partial charge in [-0.05, 0) is 39.9 Å². The molecule has 0 saturated carbocycles. The molecule has 8 heteroatoms. The van der Waals surface area contributed by atoms with Crippen LogP contribution < -0.4 is 4.72 Å². The van der Waals surface area contributed by atoms with Gasteiger partial charge in [-0.2, -0.15) is 0 Å². The van der Waals surface area contributed by atoms with Crippen molar-refractivity contribution in [2.24, 2.45) is 7.05 Å². The molecule has 0 fully saturated rings. The smallest absolute Gasteiger partial charge is 0.235 e. The fourth-order valence-electron chi connectivity index (χ4n) is 2.53. The van der Waals surface area contributed by atoms with E-state index in [1.807, 2.05) is 24.3 Å². The van der Waals surface area contributed by atoms with Gasteiger partial charge in [-0.1, -0.05) is 29.5 Å². The van der Waals surface area contributed by atoms with E-state index in [0.29, 0.717) is 0 Å². The Hall–Kier alpha value is -1.25. The highest BCUT2D eigenvalue weighted by Gasteiger charge is 2.30. The predicted molar refractivity (Wildman–Crippen MR) is 76.5 cm³/mol. The number of nitrogens with one attached hydrogen (secondary N) is 1. The molecule has 1 unspecified atom stereocenters. The number of aromatic nitrogens is 3. The first-order chi connectivity index (χ1) is 9.49. The number of benzene rings is 1. The number of fused-ring (bicyclic) bond motifs is 1. The van der Waals surface area contributed by atoms with E-state index < -0.39 is 10.0 Å². The highest BCUT2D eigenvalue weighted by Crippen LogP contribution is 2.32. The third-order valence-electron chi connectivity index (χ3n) is 3.42. The third-order valence-corrected chi connectivity index (χ3v) is 5.78. The predicted octanol–water partition coefficient (Wildman–Crippen LogP) is 1.54. The number of hydrogen-bond acceptors (Lipinski definition) is 4. The molecule has 0 amide bonds. The molecule has 0 bridgehead atoms. The van der Waals surface area contributed by atoms with Crippen LogP contribution in [0, 0.1) is 0 Å². The molecule has 1 N–H and O–H groups in total. The van der Waals surface area contributed by atoms with Crippen LogP contribution in [0.25, 0.3) is 0 Å². The molecule has 0 spiro atoms. The van der Waals surface area contributed by atoms with Gasteiger partial charge in [-0.3, -0.25) is 0 Å². The van der Waals surface area contributed by atoms with Crippen molar-refractivity contribution in [2.45, 2.75) is 23.9 Å². The molecule has 0 saturated heterocycles. The quantitative estimate of drug-likeness (QED) is 0.904. The molecule has 1 aromatic carbocycles. The van der Waals surface area contributed by atoms with Gasteiger partial charge in [0.1, 0.15) is 0 Å². The van der Waals surface area contributed by atoms with Crippen LogP contribution in [0.3, 0.4) is 0 Å². The molecular weight excluding hydrogens is 344 g/mol. The Balaban J connectivity index is 1.93. The van der Waals surface area contributed by atoms with Gasteiger partial charge in [-0.15, -0.1) is 5.10 Å². The van der Waals surface area contributed by atoms with E-state index in [2.05, 4.69) is 31.0 Å². The summed E-state index contributed by atoms with van der Waals surface area (Å²) in [6.07, 6.45) is 1.65. The van der Waals surface area contributed by atoms with Crippen LogP contribution >= 0.6 is 15.9 Å². The van der Waals surface area contributed by atoms with Crippen LogP contribution in [0.2, 0.25) is 0 Å².